The number of aromatic nitrogens is 1. The second-order valence-electron chi connectivity index (χ2n) is 6.87. The largest absolute Gasteiger partial charge is 0.379 e. The SMILES string of the molecule is O=C(Nc1nc(CN2CCOCC2)cs1)c1ccccc1C(=O)c1ccc(F)cc1. The molecule has 0 saturated carbocycles. The molecule has 0 bridgehead atoms. The molecule has 4 rings (SSSR count). The molecule has 3 aromatic rings. The Morgan fingerprint density at radius 1 is 1.07 bits per heavy atom. The third-order valence-corrected chi connectivity index (χ3v) is 5.59. The quantitative estimate of drug-likeness (QED) is 0.611. The predicted molar refractivity (Wildman–Crippen MR) is 112 cm³/mol. The lowest BCUT2D eigenvalue weighted by molar-refractivity contribution is 0.0337. The molecule has 2 aromatic carbocycles. The molecule has 8 heteroatoms. The molecular formula is C22H20FN3O3S. The van der Waals surface area contributed by atoms with E-state index in [0.717, 1.165) is 18.8 Å². The fraction of sp³-hybridized carbons (Fsp3) is 0.227. The van der Waals surface area contributed by atoms with Crippen molar-refractivity contribution in [3.05, 3.63) is 82.1 Å². The van der Waals surface area contributed by atoms with Gasteiger partial charge in [-0.2, -0.15) is 0 Å². The number of halogens is 1. The van der Waals surface area contributed by atoms with Gasteiger partial charge in [-0.1, -0.05) is 18.2 Å². The molecule has 2 heterocycles. The second kappa shape index (κ2) is 9.25. The molecule has 1 aliphatic heterocycles. The standard InChI is InChI=1S/C22H20FN3O3S/c23-16-7-5-15(6-8-16)20(27)18-3-1-2-4-19(18)21(28)25-22-24-17(14-30-22)13-26-9-11-29-12-10-26/h1-8,14H,9-13H2,(H,24,25,28). The highest BCUT2D eigenvalue weighted by Crippen LogP contribution is 2.20. The minimum absolute atomic E-state index is 0.247. The monoisotopic (exact) mass is 425 g/mol. The van der Waals surface area contributed by atoms with Gasteiger partial charge in [0.1, 0.15) is 5.82 Å². The van der Waals surface area contributed by atoms with Gasteiger partial charge >= 0.3 is 0 Å². The van der Waals surface area contributed by atoms with Crippen LogP contribution in [0.4, 0.5) is 9.52 Å². The lowest BCUT2D eigenvalue weighted by atomic mass is 9.98. The molecule has 6 nitrogen and oxygen atoms in total. The highest BCUT2D eigenvalue weighted by molar-refractivity contribution is 7.14. The molecule has 0 aliphatic carbocycles. The van der Waals surface area contributed by atoms with E-state index in [2.05, 4.69) is 15.2 Å². The molecule has 1 aromatic heterocycles. The van der Waals surface area contributed by atoms with E-state index in [9.17, 15) is 14.0 Å². The van der Waals surface area contributed by atoms with Gasteiger partial charge in [-0.25, -0.2) is 9.37 Å². The number of nitrogens with one attached hydrogen (secondary N) is 1. The molecule has 30 heavy (non-hydrogen) atoms. The first-order valence-electron chi connectivity index (χ1n) is 9.55. The van der Waals surface area contributed by atoms with Gasteiger partial charge in [0.2, 0.25) is 0 Å². The number of ether oxygens (including phenoxy) is 1. The van der Waals surface area contributed by atoms with E-state index in [1.807, 2.05) is 5.38 Å². The Hall–Kier alpha value is -2.94. The molecule has 0 unspecified atom stereocenters. The Kier molecular flexibility index (Phi) is 6.27. The second-order valence-corrected chi connectivity index (χ2v) is 7.73. The average molecular weight is 425 g/mol. The summed E-state index contributed by atoms with van der Waals surface area (Å²) in [6.07, 6.45) is 0. The van der Waals surface area contributed by atoms with Gasteiger partial charge < -0.3 is 4.74 Å². The van der Waals surface area contributed by atoms with Gasteiger partial charge in [0.15, 0.2) is 10.9 Å². The zero-order chi connectivity index (χ0) is 20.9. The minimum Gasteiger partial charge on any atom is -0.379 e. The Morgan fingerprint density at radius 2 is 1.77 bits per heavy atom. The Bertz CT molecular complexity index is 1050. The van der Waals surface area contributed by atoms with Crippen LogP contribution in [-0.2, 0) is 11.3 Å². The summed E-state index contributed by atoms with van der Waals surface area (Å²) in [6, 6.07) is 11.8. The normalized spacial score (nSPS) is 14.4. The first kappa shape index (κ1) is 20.3. The summed E-state index contributed by atoms with van der Waals surface area (Å²) in [5.41, 5.74) is 1.70. The van der Waals surface area contributed by atoms with Crippen LogP contribution in [0.15, 0.2) is 53.9 Å². The number of ketones is 1. The molecule has 1 saturated heterocycles. The van der Waals surface area contributed by atoms with E-state index >= 15 is 0 Å². The number of hydrogen-bond donors (Lipinski definition) is 1. The van der Waals surface area contributed by atoms with Crippen molar-refractivity contribution >= 4 is 28.2 Å². The number of benzene rings is 2. The van der Waals surface area contributed by atoms with E-state index in [1.165, 1.54) is 35.6 Å². The number of amides is 1. The average Bonchev–Trinajstić information content (AvgIpc) is 3.21. The van der Waals surface area contributed by atoms with Crippen LogP contribution in [0.3, 0.4) is 0 Å². The van der Waals surface area contributed by atoms with Crippen molar-refractivity contribution in [2.75, 3.05) is 31.6 Å². The van der Waals surface area contributed by atoms with Gasteiger partial charge in [-0.3, -0.25) is 19.8 Å². The van der Waals surface area contributed by atoms with Crippen molar-refractivity contribution in [2.24, 2.45) is 0 Å². The van der Waals surface area contributed by atoms with Gasteiger partial charge in [0.25, 0.3) is 5.91 Å². The number of morpholine rings is 1. The smallest absolute Gasteiger partial charge is 0.258 e. The van der Waals surface area contributed by atoms with E-state index in [0.29, 0.717) is 30.5 Å². The van der Waals surface area contributed by atoms with Crippen LogP contribution in [0.1, 0.15) is 32.0 Å². The summed E-state index contributed by atoms with van der Waals surface area (Å²) in [7, 11) is 0. The molecule has 0 spiro atoms. The summed E-state index contributed by atoms with van der Waals surface area (Å²) < 4.78 is 18.5. The molecule has 0 radical (unpaired) electrons. The van der Waals surface area contributed by atoms with Crippen LogP contribution >= 0.6 is 11.3 Å². The zero-order valence-electron chi connectivity index (χ0n) is 16.1. The fourth-order valence-corrected chi connectivity index (χ4v) is 3.92. The van der Waals surface area contributed by atoms with Crippen LogP contribution in [-0.4, -0.2) is 47.9 Å². The molecule has 0 atom stereocenters. The van der Waals surface area contributed by atoms with Crippen LogP contribution in [0.2, 0.25) is 0 Å². The summed E-state index contributed by atoms with van der Waals surface area (Å²) >= 11 is 1.35. The maximum atomic E-state index is 13.2. The van der Waals surface area contributed by atoms with Gasteiger partial charge in [-0.05, 0) is 30.3 Å². The molecule has 1 amide bonds. The first-order valence-corrected chi connectivity index (χ1v) is 10.4. The lowest BCUT2D eigenvalue weighted by Gasteiger charge is -2.25. The van der Waals surface area contributed by atoms with Crippen molar-refractivity contribution < 1.29 is 18.7 Å². The number of hydrogen-bond acceptors (Lipinski definition) is 6. The lowest BCUT2D eigenvalue weighted by Crippen LogP contribution is -2.35. The number of carbonyl (C=O) groups is 2. The Morgan fingerprint density at radius 3 is 2.50 bits per heavy atom. The molecular weight excluding hydrogens is 405 g/mol. The Labute approximate surface area is 177 Å². The van der Waals surface area contributed by atoms with E-state index in [1.54, 1.807) is 24.3 Å². The number of anilines is 1. The molecule has 1 fully saturated rings. The topological polar surface area (TPSA) is 71.5 Å². The fourth-order valence-electron chi connectivity index (χ4n) is 3.23. The minimum atomic E-state index is -0.422. The van der Waals surface area contributed by atoms with Gasteiger partial charge in [0.05, 0.1) is 24.5 Å². The van der Waals surface area contributed by atoms with Crippen molar-refractivity contribution in [3.8, 4) is 0 Å². The number of thiazole rings is 1. The maximum Gasteiger partial charge on any atom is 0.258 e. The number of rotatable bonds is 6. The van der Waals surface area contributed by atoms with Crippen LogP contribution in [0, 0.1) is 5.82 Å². The molecule has 154 valence electrons. The van der Waals surface area contributed by atoms with Crippen LogP contribution < -0.4 is 5.32 Å². The summed E-state index contributed by atoms with van der Waals surface area (Å²) in [5.74, 6) is -1.17. The van der Waals surface area contributed by atoms with E-state index < -0.39 is 11.7 Å². The van der Waals surface area contributed by atoms with Gasteiger partial charge in [-0.15, -0.1) is 11.3 Å². The van der Waals surface area contributed by atoms with E-state index in [4.69, 9.17) is 4.74 Å². The third-order valence-electron chi connectivity index (χ3n) is 4.78. The number of nitrogens with zero attached hydrogens (tertiary/aromatic N) is 2. The number of carbonyl (C=O) groups excluding carboxylic acids is 2. The van der Waals surface area contributed by atoms with Crippen LogP contribution in [0.25, 0.3) is 0 Å². The van der Waals surface area contributed by atoms with E-state index in [-0.39, 0.29) is 16.9 Å². The van der Waals surface area contributed by atoms with Crippen molar-refractivity contribution in [3.63, 3.8) is 0 Å². The van der Waals surface area contributed by atoms with Crippen molar-refractivity contribution in [2.45, 2.75) is 6.54 Å². The molecule has 1 aliphatic rings. The Balaban J connectivity index is 1.48. The van der Waals surface area contributed by atoms with Crippen LogP contribution in [0.5, 0.6) is 0 Å². The first-order chi connectivity index (χ1) is 14.6. The maximum absolute atomic E-state index is 13.2. The van der Waals surface area contributed by atoms with Gasteiger partial charge in [0, 0.05) is 36.1 Å². The summed E-state index contributed by atoms with van der Waals surface area (Å²) in [6.45, 7) is 3.85. The highest BCUT2D eigenvalue weighted by Gasteiger charge is 2.19. The predicted octanol–water partition coefficient (Wildman–Crippen LogP) is 3.60. The molecule has 1 N–H and O–H groups in total. The summed E-state index contributed by atoms with van der Waals surface area (Å²) in [4.78, 5) is 32.4. The summed E-state index contributed by atoms with van der Waals surface area (Å²) in [5, 5.41) is 5.18. The van der Waals surface area contributed by atoms with Crippen molar-refractivity contribution in [1.29, 1.82) is 0 Å². The third kappa shape index (κ3) is 4.79. The zero-order valence-corrected chi connectivity index (χ0v) is 17.0. The van der Waals surface area contributed by atoms with Crippen molar-refractivity contribution in [1.82, 2.24) is 9.88 Å². The highest BCUT2D eigenvalue weighted by atomic mass is 32.1.